The minimum atomic E-state index is -3.56. The Morgan fingerprint density at radius 1 is 1.00 bits per heavy atom. The zero-order chi connectivity index (χ0) is 20.0. The molecule has 1 N–H and O–H groups in total. The Hall–Kier alpha value is -2.34. The van der Waals surface area contributed by atoms with Crippen molar-refractivity contribution in [2.24, 2.45) is 0 Å². The van der Waals surface area contributed by atoms with Crippen LogP contribution in [0.3, 0.4) is 0 Å². The predicted octanol–water partition coefficient (Wildman–Crippen LogP) is 3.20. The summed E-state index contributed by atoms with van der Waals surface area (Å²) >= 11 is 0. The average molecular weight is 389 g/mol. The van der Waals surface area contributed by atoms with Crippen molar-refractivity contribution in [3.63, 3.8) is 0 Å². The van der Waals surface area contributed by atoms with Crippen LogP contribution in [0.25, 0.3) is 0 Å². The highest BCUT2D eigenvalue weighted by Gasteiger charge is 2.20. The monoisotopic (exact) mass is 388 g/mol. The summed E-state index contributed by atoms with van der Waals surface area (Å²) < 4.78 is 25.4. The second-order valence-corrected chi connectivity index (χ2v) is 8.60. The van der Waals surface area contributed by atoms with Gasteiger partial charge in [0.15, 0.2) is 0 Å². The summed E-state index contributed by atoms with van der Waals surface area (Å²) in [5.41, 5.74) is 4.99. The largest absolute Gasteiger partial charge is 0.350 e. The van der Waals surface area contributed by atoms with Gasteiger partial charge in [0.25, 0.3) is 0 Å². The van der Waals surface area contributed by atoms with Crippen LogP contribution in [0.15, 0.2) is 42.5 Å². The van der Waals surface area contributed by atoms with Gasteiger partial charge in [-0.15, -0.1) is 0 Å². The van der Waals surface area contributed by atoms with E-state index in [-0.39, 0.29) is 12.5 Å². The van der Waals surface area contributed by atoms with Crippen LogP contribution < -0.4 is 9.62 Å². The van der Waals surface area contributed by atoms with E-state index in [2.05, 4.69) is 37.4 Å². The normalized spacial score (nSPS) is 11.3. The van der Waals surface area contributed by atoms with E-state index in [9.17, 15) is 13.2 Å². The molecule has 0 radical (unpaired) electrons. The second kappa shape index (κ2) is 9.04. The van der Waals surface area contributed by atoms with Crippen molar-refractivity contribution in [3.8, 4) is 0 Å². The summed E-state index contributed by atoms with van der Waals surface area (Å²) in [7, 11) is -3.56. The minimum Gasteiger partial charge on any atom is -0.350 e. The molecule has 0 aliphatic rings. The van der Waals surface area contributed by atoms with Gasteiger partial charge in [0, 0.05) is 6.54 Å². The van der Waals surface area contributed by atoms with Gasteiger partial charge in [-0.1, -0.05) is 49.7 Å². The quantitative estimate of drug-likeness (QED) is 0.755. The van der Waals surface area contributed by atoms with Crippen LogP contribution in [0.5, 0.6) is 0 Å². The van der Waals surface area contributed by atoms with Crippen LogP contribution in [-0.2, 0) is 34.2 Å². The molecular formula is C21H28N2O3S. The summed E-state index contributed by atoms with van der Waals surface area (Å²) in [6, 6.07) is 13.4. The summed E-state index contributed by atoms with van der Waals surface area (Å²) in [5.74, 6) is -0.329. The van der Waals surface area contributed by atoms with Gasteiger partial charge in [0.2, 0.25) is 15.9 Å². The Morgan fingerprint density at radius 2 is 1.67 bits per heavy atom. The third-order valence-corrected chi connectivity index (χ3v) is 5.69. The van der Waals surface area contributed by atoms with Crippen LogP contribution in [0.4, 0.5) is 5.69 Å². The van der Waals surface area contributed by atoms with Crippen molar-refractivity contribution in [2.75, 3.05) is 17.1 Å². The maximum atomic E-state index is 12.5. The lowest BCUT2D eigenvalue weighted by Crippen LogP contribution is -2.40. The van der Waals surface area contributed by atoms with E-state index in [1.54, 1.807) is 12.1 Å². The Bertz CT molecular complexity index is 890. The standard InChI is InChI=1S/C21H28N2O3S/c1-5-17-9-10-18(6-2)19(13-17)14-22-21(24)15-23(27(4,25)26)20-11-7-16(3)8-12-20/h7-13H,5-6,14-15H2,1-4H3,(H,22,24). The first-order chi connectivity index (χ1) is 12.7. The number of aryl methyl sites for hydroxylation is 3. The molecule has 1 amide bonds. The number of rotatable bonds is 8. The van der Waals surface area contributed by atoms with Gasteiger partial charge < -0.3 is 5.32 Å². The number of anilines is 1. The third-order valence-electron chi connectivity index (χ3n) is 4.55. The fourth-order valence-electron chi connectivity index (χ4n) is 2.90. The fraction of sp³-hybridized carbons (Fsp3) is 0.381. The maximum Gasteiger partial charge on any atom is 0.241 e. The summed E-state index contributed by atoms with van der Waals surface area (Å²) in [6.07, 6.45) is 2.92. The van der Waals surface area contributed by atoms with E-state index < -0.39 is 10.0 Å². The highest BCUT2D eigenvalue weighted by Crippen LogP contribution is 2.18. The SMILES string of the molecule is CCc1ccc(CC)c(CNC(=O)CN(c2ccc(C)cc2)S(C)(=O)=O)c1. The van der Waals surface area contributed by atoms with Gasteiger partial charge in [-0.05, 0) is 48.6 Å². The molecule has 0 aliphatic heterocycles. The first-order valence-electron chi connectivity index (χ1n) is 9.16. The first-order valence-corrected chi connectivity index (χ1v) is 11.0. The first kappa shape index (κ1) is 21.0. The highest BCUT2D eigenvalue weighted by atomic mass is 32.2. The van der Waals surface area contributed by atoms with Crippen LogP contribution in [0.2, 0.25) is 0 Å². The van der Waals surface area contributed by atoms with Crippen LogP contribution in [-0.4, -0.2) is 27.1 Å². The third kappa shape index (κ3) is 5.82. The van der Waals surface area contributed by atoms with Gasteiger partial charge >= 0.3 is 0 Å². The van der Waals surface area contributed by atoms with Crippen molar-refractivity contribution < 1.29 is 13.2 Å². The van der Waals surface area contributed by atoms with Crippen molar-refractivity contribution in [1.29, 1.82) is 0 Å². The molecule has 0 unspecified atom stereocenters. The Morgan fingerprint density at radius 3 is 2.22 bits per heavy atom. The molecule has 0 bridgehead atoms. The molecule has 2 aromatic rings. The highest BCUT2D eigenvalue weighted by molar-refractivity contribution is 7.92. The van der Waals surface area contributed by atoms with E-state index in [0.29, 0.717) is 12.2 Å². The van der Waals surface area contributed by atoms with Crippen molar-refractivity contribution in [2.45, 2.75) is 40.2 Å². The van der Waals surface area contributed by atoms with Crippen molar-refractivity contribution >= 4 is 21.6 Å². The number of nitrogens with zero attached hydrogens (tertiary/aromatic N) is 1. The van der Waals surface area contributed by atoms with E-state index in [4.69, 9.17) is 0 Å². The Balaban J connectivity index is 2.12. The number of carbonyl (C=O) groups excluding carboxylic acids is 1. The molecule has 6 heteroatoms. The fourth-order valence-corrected chi connectivity index (χ4v) is 3.76. The molecule has 146 valence electrons. The molecule has 0 aliphatic carbocycles. The number of benzene rings is 2. The Labute approximate surface area is 162 Å². The van der Waals surface area contributed by atoms with E-state index >= 15 is 0 Å². The summed E-state index contributed by atoms with van der Waals surface area (Å²) in [6.45, 7) is 6.25. The molecule has 0 aromatic heterocycles. The topological polar surface area (TPSA) is 66.5 Å². The molecule has 0 heterocycles. The number of sulfonamides is 1. The molecule has 2 aromatic carbocycles. The van der Waals surface area contributed by atoms with E-state index in [1.807, 2.05) is 19.1 Å². The summed E-state index contributed by atoms with van der Waals surface area (Å²) in [5, 5.41) is 2.86. The molecule has 0 spiro atoms. The van der Waals surface area contributed by atoms with Crippen molar-refractivity contribution in [1.82, 2.24) is 5.32 Å². The summed E-state index contributed by atoms with van der Waals surface area (Å²) in [4.78, 5) is 12.5. The van der Waals surface area contributed by atoms with Gasteiger partial charge in [0.05, 0.1) is 11.9 Å². The van der Waals surface area contributed by atoms with Gasteiger partial charge in [-0.25, -0.2) is 8.42 Å². The zero-order valence-corrected chi connectivity index (χ0v) is 17.3. The number of hydrogen-bond acceptors (Lipinski definition) is 3. The average Bonchev–Trinajstić information content (AvgIpc) is 2.64. The van der Waals surface area contributed by atoms with Crippen molar-refractivity contribution in [3.05, 3.63) is 64.7 Å². The maximum absolute atomic E-state index is 12.5. The molecular weight excluding hydrogens is 360 g/mol. The van der Waals surface area contributed by atoms with Crippen LogP contribution >= 0.6 is 0 Å². The molecule has 0 atom stereocenters. The van der Waals surface area contributed by atoms with Gasteiger partial charge in [-0.3, -0.25) is 9.10 Å². The predicted molar refractivity (Wildman–Crippen MR) is 110 cm³/mol. The molecule has 2 rings (SSSR count). The van der Waals surface area contributed by atoms with Crippen LogP contribution in [0.1, 0.15) is 36.1 Å². The number of nitrogens with one attached hydrogen (secondary N) is 1. The lowest BCUT2D eigenvalue weighted by Gasteiger charge is -2.22. The number of hydrogen-bond donors (Lipinski definition) is 1. The second-order valence-electron chi connectivity index (χ2n) is 6.69. The Kier molecular flexibility index (Phi) is 7.02. The number of amides is 1. The number of carbonyl (C=O) groups is 1. The molecule has 27 heavy (non-hydrogen) atoms. The minimum absolute atomic E-state index is 0.239. The lowest BCUT2D eigenvalue weighted by atomic mass is 10.0. The van der Waals surface area contributed by atoms with E-state index in [0.717, 1.165) is 34.5 Å². The van der Waals surface area contributed by atoms with E-state index in [1.165, 1.54) is 11.1 Å². The smallest absolute Gasteiger partial charge is 0.241 e. The van der Waals surface area contributed by atoms with Crippen LogP contribution in [0, 0.1) is 6.92 Å². The molecule has 5 nitrogen and oxygen atoms in total. The van der Waals surface area contributed by atoms with Gasteiger partial charge in [0.1, 0.15) is 6.54 Å². The van der Waals surface area contributed by atoms with Gasteiger partial charge in [-0.2, -0.15) is 0 Å². The molecule has 0 fully saturated rings. The zero-order valence-electron chi connectivity index (χ0n) is 16.5. The molecule has 0 saturated carbocycles. The lowest BCUT2D eigenvalue weighted by molar-refractivity contribution is -0.119. The molecule has 0 saturated heterocycles.